The second kappa shape index (κ2) is 8.87. The highest BCUT2D eigenvalue weighted by Gasteiger charge is 2.38. The van der Waals surface area contributed by atoms with E-state index in [1.54, 1.807) is 0 Å². The Hall–Kier alpha value is -2.93. The van der Waals surface area contributed by atoms with Crippen LogP contribution in [-0.4, -0.2) is 50.9 Å². The average molecular weight is 493 g/mol. The topological polar surface area (TPSA) is 31.8 Å². The molecule has 2 fully saturated rings. The molecule has 7 heteroatoms. The smallest absolute Gasteiger partial charge is 0.137 e. The van der Waals surface area contributed by atoms with Crippen LogP contribution in [0.15, 0.2) is 30.3 Å². The standard InChI is InChI=1S/C29H34F2N4O/c1-19-27(26-23(31)15-20(30)16-24(26)32-28(19)34-9-5-4-6-10-34)35-18-29(2,3)22-8-7-21(17-25(22)35)33-11-13-36-14-12-33/h7-8,15-17H,4-6,9-14,18H2,1-3H3. The average Bonchev–Trinajstić information content (AvgIpc) is 3.14. The van der Waals surface area contributed by atoms with Crippen LogP contribution in [0.4, 0.5) is 31.7 Å². The van der Waals surface area contributed by atoms with Gasteiger partial charge in [-0.2, -0.15) is 0 Å². The lowest BCUT2D eigenvalue weighted by Crippen LogP contribution is -2.36. The second-order valence-electron chi connectivity index (χ2n) is 11.0. The molecule has 36 heavy (non-hydrogen) atoms. The van der Waals surface area contributed by atoms with E-state index in [-0.39, 0.29) is 5.41 Å². The summed E-state index contributed by atoms with van der Waals surface area (Å²) in [6.45, 7) is 12.2. The Labute approximate surface area is 211 Å². The lowest BCUT2D eigenvalue weighted by atomic mass is 9.87. The zero-order chi connectivity index (χ0) is 25.0. The lowest BCUT2D eigenvalue weighted by molar-refractivity contribution is 0.122. The van der Waals surface area contributed by atoms with E-state index in [1.807, 2.05) is 6.92 Å². The van der Waals surface area contributed by atoms with Crippen molar-refractivity contribution < 1.29 is 13.5 Å². The Kier molecular flexibility index (Phi) is 5.78. The summed E-state index contributed by atoms with van der Waals surface area (Å²) in [6, 6.07) is 9.02. The summed E-state index contributed by atoms with van der Waals surface area (Å²) in [5, 5.41) is 0.398. The number of pyridine rings is 1. The zero-order valence-electron chi connectivity index (χ0n) is 21.4. The molecule has 0 unspecified atom stereocenters. The first-order valence-electron chi connectivity index (χ1n) is 13.1. The van der Waals surface area contributed by atoms with E-state index in [1.165, 1.54) is 18.1 Å². The highest BCUT2D eigenvalue weighted by molar-refractivity contribution is 5.99. The van der Waals surface area contributed by atoms with E-state index in [4.69, 9.17) is 9.72 Å². The normalized spacial score (nSPS) is 19.8. The van der Waals surface area contributed by atoms with Crippen molar-refractivity contribution >= 4 is 33.8 Å². The first kappa shape index (κ1) is 23.5. The summed E-state index contributed by atoms with van der Waals surface area (Å²) in [6.07, 6.45) is 3.42. The van der Waals surface area contributed by atoms with Crippen LogP contribution in [0.1, 0.15) is 44.2 Å². The van der Waals surface area contributed by atoms with Gasteiger partial charge in [-0.1, -0.05) is 19.9 Å². The highest BCUT2D eigenvalue weighted by atomic mass is 19.1. The van der Waals surface area contributed by atoms with Gasteiger partial charge >= 0.3 is 0 Å². The van der Waals surface area contributed by atoms with Gasteiger partial charge in [-0.3, -0.25) is 0 Å². The van der Waals surface area contributed by atoms with Gasteiger partial charge in [0.05, 0.1) is 29.8 Å². The van der Waals surface area contributed by atoms with E-state index in [0.717, 1.165) is 86.7 Å². The van der Waals surface area contributed by atoms with Gasteiger partial charge in [0, 0.05) is 67.2 Å². The fraction of sp³-hybridized carbons (Fsp3) is 0.483. The Morgan fingerprint density at radius 3 is 2.42 bits per heavy atom. The molecule has 0 saturated carbocycles. The predicted molar refractivity (Wildman–Crippen MR) is 142 cm³/mol. The molecule has 0 spiro atoms. The third-order valence-corrected chi connectivity index (χ3v) is 8.04. The maximum atomic E-state index is 15.5. The van der Waals surface area contributed by atoms with Gasteiger partial charge in [0.1, 0.15) is 17.5 Å². The van der Waals surface area contributed by atoms with Crippen molar-refractivity contribution in [3.05, 3.63) is 53.1 Å². The molecular formula is C29H34F2N4O. The molecule has 2 saturated heterocycles. The number of benzene rings is 2. The number of anilines is 4. The monoisotopic (exact) mass is 492 g/mol. The fourth-order valence-electron chi connectivity index (χ4n) is 6.22. The first-order valence-corrected chi connectivity index (χ1v) is 13.1. The molecule has 5 nitrogen and oxygen atoms in total. The summed E-state index contributed by atoms with van der Waals surface area (Å²) < 4.78 is 35.4. The first-order chi connectivity index (χ1) is 17.3. The Morgan fingerprint density at radius 1 is 0.917 bits per heavy atom. The molecule has 1 aromatic heterocycles. The summed E-state index contributed by atoms with van der Waals surface area (Å²) in [5.74, 6) is -0.308. The van der Waals surface area contributed by atoms with Crippen molar-refractivity contribution in [1.82, 2.24) is 4.98 Å². The molecule has 0 amide bonds. The highest BCUT2D eigenvalue weighted by Crippen LogP contribution is 2.50. The molecule has 190 valence electrons. The molecule has 0 radical (unpaired) electrons. The van der Waals surface area contributed by atoms with Crippen molar-refractivity contribution in [1.29, 1.82) is 0 Å². The molecule has 0 aliphatic carbocycles. The predicted octanol–water partition coefficient (Wildman–Crippen LogP) is 6.08. The van der Waals surface area contributed by atoms with Crippen molar-refractivity contribution in [2.45, 2.75) is 45.4 Å². The number of piperidine rings is 1. The van der Waals surface area contributed by atoms with Crippen LogP contribution in [0.25, 0.3) is 10.9 Å². The second-order valence-corrected chi connectivity index (χ2v) is 11.0. The summed E-state index contributed by atoms with van der Waals surface area (Å²) in [5.41, 5.74) is 5.50. The van der Waals surface area contributed by atoms with Gasteiger partial charge in [0.25, 0.3) is 0 Å². The molecule has 4 heterocycles. The minimum absolute atomic E-state index is 0.122. The van der Waals surface area contributed by atoms with Gasteiger partial charge in [0.15, 0.2) is 0 Å². The third-order valence-electron chi connectivity index (χ3n) is 8.04. The number of fused-ring (bicyclic) bond motifs is 2. The zero-order valence-corrected chi connectivity index (χ0v) is 21.4. The minimum Gasteiger partial charge on any atom is -0.378 e. The van der Waals surface area contributed by atoms with E-state index in [2.05, 4.69) is 46.7 Å². The molecule has 3 aliphatic heterocycles. The Balaban J connectivity index is 1.56. The molecule has 3 aromatic rings. The number of morpholine rings is 1. The molecule has 0 bridgehead atoms. The van der Waals surface area contributed by atoms with Crippen molar-refractivity contribution in [3.63, 3.8) is 0 Å². The summed E-state index contributed by atoms with van der Waals surface area (Å²) in [7, 11) is 0. The van der Waals surface area contributed by atoms with E-state index < -0.39 is 11.6 Å². The van der Waals surface area contributed by atoms with Gasteiger partial charge in [0.2, 0.25) is 0 Å². The minimum atomic E-state index is -0.594. The van der Waals surface area contributed by atoms with Crippen LogP contribution in [0, 0.1) is 18.6 Å². The summed E-state index contributed by atoms with van der Waals surface area (Å²) in [4.78, 5) is 11.7. The van der Waals surface area contributed by atoms with E-state index in [9.17, 15) is 4.39 Å². The molecule has 0 atom stereocenters. The molecule has 0 N–H and O–H groups in total. The quantitative estimate of drug-likeness (QED) is 0.443. The maximum absolute atomic E-state index is 15.5. The van der Waals surface area contributed by atoms with Gasteiger partial charge in [-0.15, -0.1) is 0 Å². The Morgan fingerprint density at radius 2 is 1.67 bits per heavy atom. The number of hydrogen-bond acceptors (Lipinski definition) is 5. The SMILES string of the molecule is Cc1c(N2CCCCC2)nc2cc(F)cc(F)c2c1N1CC(C)(C)c2ccc(N3CCOCC3)cc21. The number of aromatic nitrogens is 1. The van der Waals surface area contributed by atoms with Crippen LogP contribution < -0.4 is 14.7 Å². The van der Waals surface area contributed by atoms with E-state index in [0.29, 0.717) is 17.4 Å². The van der Waals surface area contributed by atoms with Crippen LogP contribution in [0.3, 0.4) is 0 Å². The molecule has 6 rings (SSSR count). The van der Waals surface area contributed by atoms with Crippen LogP contribution >= 0.6 is 0 Å². The molecule has 2 aromatic carbocycles. The number of ether oxygens (including phenoxy) is 1. The van der Waals surface area contributed by atoms with Gasteiger partial charge in [-0.25, -0.2) is 13.8 Å². The molecular weight excluding hydrogens is 458 g/mol. The largest absolute Gasteiger partial charge is 0.378 e. The van der Waals surface area contributed by atoms with Crippen LogP contribution in [0.5, 0.6) is 0 Å². The van der Waals surface area contributed by atoms with Gasteiger partial charge < -0.3 is 19.4 Å². The third kappa shape index (κ3) is 3.88. The van der Waals surface area contributed by atoms with Crippen molar-refractivity contribution in [3.8, 4) is 0 Å². The number of nitrogens with zero attached hydrogens (tertiary/aromatic N) is 4. The summed E-state index contributed by atoms with van der Waals surface area (Å²) >= 11 is 0. The molecule has 3 aliphatic rings. The van der Waals surface area contributed by atoms with Crippen LogP contribution in [-0.2, 0) is 10.2 Å². The van der Waals surface area contributed by atoms with Crippen molar-refractivity contribution in [2.24, 2.45) is 0 Å². The van der Waals surface area contributed by atoms with E-state index >= 15 is 4.39 Å². The number of hydrogen-bond donors (Lipinski definition) is 0. The number of halogens is 2. The van der Waals surface area contributed by atoms with Gasteiger partial charge in [-0.05, 0) is 43.9 Å². The maximum Gasteiger partial charge on any atom is 0.137 e. The van der Waals surface area contributed by atoms with Crippen molar-refractivity contribution in [2.75, 3.05) is 60.6 Å². The Bertz CT molecular complexity index is 1310. The number of rotatable bonds is 3. The lowest BCUT2D eigenvalue weighted by Gasteiger charge is -2.33. The van der Waals surface area contributed by atoms with Crippen LogP contribution in [0.2, 0.25) is 0 Å². The fourth-order valence-corrected chi connectivity index (χ4v) is 6.22.